The number of aliphatic carboxylic acids is 1. The molecule has 3 rings (SSSR count). The Bertz CT molecular complexity index is 1400. The second-order valence-corrected chi connectivity index (χ2v) is 11.4. The number of nitrogens with one attached hydrogen (secondary N) is 2. The smallest absolute Gasteiger partial charge is 0.480 e. The number of nitrogens with zero attached hydrogens (tertiary/aromatic N) is 2. The van der Waals surface area contributed by atoms with E-state index in [1.165, 1.54) is 24.3 Å². The number of carbonyl (C=O) groups is 3. The molecule has 43 heavy (non-hydrogen) atoms. The summed E-state index contributed by atoms with van der Waals surface area (Å²) in [5.74, 6) is -5.90. The molecule has 0 unspecified atom stereocenters. The number of benzene rings is 2. The fourth-order valence-electron chi connectivity index (χ4n) is 4.30. The zero-order valence-corrected chi connectivity index (χ0v) is 23.6. The van der Waals surface area contributed by atoms with Crippen molar-refractivity contribution in [2.45, 2.75) is 49.5 Å². The Morgan fingerprint density at radius 3 is 2.16 bits per heavy atom. The van der Waals surface area contributed by atoms with E-state index in [0.29, 0.717) is 5.56 Å². The van der Waals surface area contributed by atoms with Crippen LogP contribution >= 0.6 is 0 Å². The molecule has 1 aliphatic rings. The van der Waals surface area contributed by atoms with Crippen LogP contribution in [0.15, 0.2) is 53.4 Å². The van der Waals surface area contributed by atoms with Crippen molar-refractivity contribution >= 4 is 27.9 Å². The number of piperazine rings is 1. The third-order valence-corrected chi connectivity index (χ3v) is 8.31. The lowest BCUT2D eigenvalue weighted by molar-refractivity contribution is -0.274. The predicted molar refractivity (Wildman–Crippen MR) is 141 cm³/mol. The van der Waals surface area contributed by atoms with E-state index in [1.54, 1.807) is 6.92 Å². The SMILES string of the molecule is CCCC(F)(F)c1ccc(CNC(=O)[C@H]2CN(C(=O)NCC(=O)O)CCN2S(=O)(=O)c2ccc(OC(F)(F)F)cc2)cc1. The molecule has 0 radical (unpaired) electrons. The molecule has 0 bridgehead atoms. The predicted octanol–water partition coefficient (Wildman–Crippen LogP) is 3.26. The van der Waals surface area contributed by atoms with Gasteiger partial charge in [0.25, 0.3) is 5.92 Å². The Kier molecular flexibility index (Phi) is 10.6. The van der Waals surface area contributed by atoms with Crippen molar-refractivity contribution in [1.29, 1.82) is 0 Å². The molecule has 17 heteroatoms. The monoisotopic (exact) mass is 636 g/mol. The molecule has 1 fully saturated rings. The van der Waals surface area contributed by atoms with Gasteiger partial charge in [0.2, 0.25) is 15.9 Å². The van der Waals surface area contributed by atoms with E-state index in [0.717, 1.165) is 33.5 Å². The number of halogens is 5. The van der Waals surface area contributed by atoms with Gasteiger partial charge in [-0.15, -0.1) is 13.2 Å². The van der Waals surface area contributed by atoms with Gasteiger partial charge >= 0.3 is 18.4 Å². The van der Waals surface area contributed by atoms with Gasteiger partial charge in [0, 0.05) is 38.2 Å². The van der Waals surface area contributed by atoms with Crippen molar-refractivity contribution in [2.24, 2.45) is 0 Å². The highest BCUT2D eigenvalue weighted by atomic mass is 32.2. The van der Waals surface area contributed by atoms with Gasteiger partial charge < -0.3 is 25.4 Å². The van der Waals surface area contributed by atoms with Crippen LogP contribution in [0.25, 0.3) is 0 Å². The first-order chi connectivity index (χ1) is 20.0. The number of ether oxygens (including phenoxy) is 1. The fraction of sp³-hybridized carbons (Fsp3) is 0.423. The summed E-state index contributed by atoms with van der Waals surface area (Å²) in [5.41, 5.74) is 0.217. The van der Waals surface area contributed by atoms with E-state index in [1.807, 2.05) is 0 Å². The summed E-state index contributed by atoms with van der Waals surface area (Å²) in [4.78, 5) is 37.2. The van der Waals surface area contributed by atoms with Crippen LogP contribution in [-0.4, -0.2) is 79.2 Å². The van der Waals surface area contributed by atoms with E-state index in [2.05, 4.69) is 15.4 Å². The third kappa shape index (κ3) is 9.00. The number of alkyl halides is 5. The Morgan fingerprint density at radius 1 is 0.977 bits per heavy atom. The number of urea groups is 1. The van der Waals surface area contributed by atoms with Crippen LogP contribution in [0, 0.1) is 0 Å². The quantitative estimate of drug-likeness (QED) is 0.321. The van der Waals surface area contributed by atoms with Crippen LogP contribution in [0.3, 0.4) is 0 Å². The number of hydrogen-bond acceptors (Lipinski definition) is 6. The Morgan fingerprint density at radius 2 is 1.60 bits per heavy atom. The maximum Gasteiger partial charge on any atom is 0.573 e. The lowest BCUT2D eigenvalue weighted by Gasteiger charge is -2.39. The first-order valence-electron chi connectivity index (χ1n) is 12.9. The van der Waals surface area contributed by atoms with Gasteiger partial charge in [-0.2, -0.15) is 4.31 Å². The molecule has 0 aromatic heterocycles. The van der Waals surface area contributed by atoms with Crippen molar-refractivity contribution in [1.82, 2.24) is 19.8 Å². The van der Waals surface area contributed by atoms with Crippen LogP contribution in [-0.2, 0) is 32.1 Å². The van der Waals surface area contributed by atoms with Gasteiger partial charge in [0.05, 0.1) is 4.90 Å². The lowest BCUT2D eigenvalue weighted by Crippen LogP contribution is -2.62. The van der Waals surface area contributed by atoms with Crippen molar-refractivity contribution in [3.8, 4) is 5.75 Å². The summed E-state index contributed by atoms with van der Waals surface area (Å²) >= 11 is 0. The van der Waals surface area contributed by atoms with E-state index in [-0.39, 0.29) is 31.5 Å². The van der Waals surface area contributed by atoms with Crippen molar-refractivity contribution in [3.05, 3.63) is 59.7 Å². The Balaban J connectivity index is 1.81. The summed E-state index contributed by atoms with van der Waals surface area (Å²) in [6, 6.07) is 6.11. The van der Waals surface area contributed by atoms with E-state index in [4.69, 9.17) is 5.11 Å². The van der Waals surface area contributed by atoms with Crippen LogP contribution in [0.4, 0.5) is 26.7 Å². The minimum Gasteiger partial charge on any atom is -0.480 e. The minimum atomic E-state index is -5.00. The molecule has 3 N–H and O–H groups in total. The second-order valence-electron chi connectivity index (χ2n) is 9.52. The first-order valence-corrected chi connectivity index (χ1v) is 14.3. The number of rotatable bonds is 11. The molecule has 2 aromatic rings. The Labute approximate surface area is 243 Å². The second kappa shape index (κ2) is 13.5. The summed E-state index contributed by atoms with van der Waals surface area (Å²) in [7, 11) is -4.50. The van der Waals surface area contributed by atoms with Gasteiger partial charge in [-0.1, -0.05) is 37.6 Å². The van der Waals surface area contributed by atoms with E-state index >= 15 is 0 Å². The van der Waals surface area contributed by atoms with Gasteiger partial charge in [0.1, 0.15) is 18.3 Å². The van der Waals surface area contributed by atoms with Gasteiger partial charge in [0.15, 0.2) is 0 Å². The maximum absolute atomic E-state index is 14.2. The highest BCUT2D eigenvalue weighted by Gasteiger charge is 2.41. The molecular weight excluding hydrogens is 607 g/mol. The summed E-state index contributed by atoms with van der Waals surface area (Å²) in [6.07, 6.45) is -5.08. The normalized spacial score (nSPS) is 16.4. The third-order valence-electron chi connectivity index (χ3n) is 6.38. The molecular formula is C26H29F5N4O7S. The van der Waals surface area contributed by atoms with Crippen molar-refractivity contribution < 1.29 is 54.6 Å². The number of sulfonamides is 1. The van der Waals surface area contributed by atoms with Gasteiger partial charge in [-0.25, -0.2) is 22.0 Å². The molecule has 1 heterocycles. The maximum atomic E-state index is 14.2. The lowest BCUT2D eigenvalue weighted by atomic mass is 10.0. The summed E-state index contributed by atoms with van der Waals surface area (Å²) in [6.45, 7) is -0.430. The van der Waals surface area contributed by atoms with E-state index < -0.39 is 76.5 Å². The minimum absolute atomic E-state index is 0.183. The van der Waals surface area contributed by atoms with Crippen molar-refractivity contribution in [2.75, 3.05) is 26.2 Å². The number of carboxylic acid groups (broad SMARTS) is 1. The molecule has 0 aliphatic carbocycles. The average Bonchev–Trinajstić information content (AvgIpc) is 2.94. The van der Waals surface area contributed by atoms with Crippen LogP contribution in [0.1, 0.15) is 30.9 Å². The molecule has 1 atom stereocenters. The molecule has 2 aromatic carbocycles. The topological polar surface area (TPSA) is 145 Å². The van der Waals surface area contributed by atoms with Gasteiger partial charge in [-0.05, 0) is 29.8 Å². The molecule has 0 saturated carbocycles. The number of hydrogen-bond donors (Lipinski definition) is 3. The van der Waals surface area contributed by atoms with Gasteiger partial charge in [-0.3, -0.25) is 9.59 Å². The molecule has 236 valence electrons. The molecule has 1 saturated heterocycles. The molecule has 3 amide bonds. The highest BCUT2D eigenvalue weighted by molar-refractivity contribution is 7.89. The zero-order valence-electron chi connectivity index (χ0n) is 22.7. The number of carbonyl (C=O) groups excluding carboxylic acids is 2. The highest BCUT2D eigenvalue weighted by Crippen LogP contribution is 2.33. The number of carboxylic acids is 1. The number of amides is 3. The van der Waals surface area contributed by atoms with Crippen LogP contribution in [0.5, 0.6) is 5.75 Å². The largest absolute Gasteiger partial charge is 0.573 e. The molecule has 0 spiro atoms. The first kappa shape index (κ1) is 33.5. The molecule has 11 nitrogen and oxygen atoms in total. The summed E-state index contributed by atoms with van der Waals surface area (Å²) < 4.78 is 97.3. The van der Waals surface area contributed by atoms with Crippen LogP contribution in [0.2, 0.25) is 0 Å². The zero-order chi connectivity index (χ0) is 32.0. The van der Waals surface area contributed by atoms with E-state index in [9.17, 15) is 44.8 Å². The van der Waals surface area contributed by atoms with Crippen LogP contribution < -0.4 is 15.4 Å². The average molecular weight is 637 g/mol. The Hall–Kier alpha value is -3.99. The summed E-state index contributed by atoms with van der Waals surface area (Å²) in [5, 5.41) is 13.5. The fourth-order valence-corrected chi connectivity index (χ4v) is 5.87. The van der Waals surface area contributed by atoms with Crippen molar-refractivity contribution in [3.63, 3.8) is 0 Å². The standard InChI is InChI=1S/C26H29F5N4O7S/c1-2-11-25(27,28)18-5-3-17(4-6-18)14-32-23(38)21-16-34(24(39)33-15-22(36)37)12-13-35(21)43(40,41)20-9-7-19(8-10-20)42-26(29,30)31/h3-10,21H,2,11-16H2,1H3,(H,32,38)(H,33,39)(H,36,37)/t21-/m1/s1. The molecule has 1 aliphatic heterocycles.